The lowest BCUT2D eigenvalue weighted by Gasteiger charge is -2.10. The largest absolute Gasteiger partial charge is 0.370 e. The number of epoxide rings is 1. The van der Waals surface area contributed by atoms with Gasteiger partial charge in [0.05, 0.1) is 12.2 Å². The molecule has 1 rings (SSSR count). The molecule has 1 heterocycles. The van der Waals surface area contributed by atoms with Gasteiger partial charge in [0.1, 0.15) is 0 Å². The Balaban J connectivity index is 2.17. The van der Waals surface area contributed by atoms with E-state index >= 15 is 0 Å². The summed E-state index contributed by atoms with van der Waals surface area (Å²) < 4.78 is 5.27. The molecule has 1 fully saturated rings. The minimum absolute atomic E-state index is 0.273. The van der Waals surface area contributed by atoms with E-state index < -0.39 is 0 Å². The van der Waals surface area contributed by atoms with Crippen molar-refractivity contribution in [1.82, 2.24) is 0 Å². The lowest BCUT2D eigenvalue weighted by atomic mass is 9.96. The van der Waals surface area contributed by atoms with Crippen molar-refractivity contribution in [3.05, 3.63) is 0 Å². The Morgan fingerprint density at radius 3 is 2.56 bits per heavy atom. The quantitative estimate of drug-likeness (QED) is 0.531. The predicted octanol–water partition coefficient (Wildman–Crippen LogP) is 2.21. The van der Waals surface area contributed by atoms with Gasteiger partial charge in [-0.3, -0.25) is 0 Å². The molecule has 0 radical (unpaired) electrons. The summed E-state index contributed by atoms with van der Waals surface area (Å²) in [6, 6.07) is 0. The first-order valence-corrected chi connectivity index (χ1v) is 3.80. The SMILES string of the molecule is CCC(C)CC1(C)CO1. The fourth-order valence-electron chi connectivity index (χ4n) is 1.12. The van der Waals surface area contributed by atoms with Gasteiger partial charge in [-0.15, -0.1) is 0 Å². The molecule has 0 bridgehead atoms. The van der Waals surface area contributed by atoms with Crippen molar-refractivity contribution in [1.29, 1.82) is 0 Å². The van der Waals surface area contributed by atoms with Crippen molar-refractivity contribution in [3.8, 4) is 0 Å². The minimum atomic E-state index is 0.273. The second-order valence-electron chi connectivity index (χ2n) is 3.46. The normalized spacial score (nSPS) is 36.3. The highest BCUT2D eigenvalue weighted by atomic mass is 16.6. The predicted molar refractivity (Wildman–Crippen MR) is 38.4 cm³/mol. The summed E-state index contributed by atoms with van der Waals surface area (Å²) in [6.45, 7) is 7.69. The molecule has 0 N–H and O–H groups in total. The molecule has 1 nitrogen and oxygen atoms in total. The highest BCUT2D eigenvalue weighted by Gasteiger charge is 2.39. The summed E-state index contributed by atoms with van der Waals surface area (Å²) in [6.07, 6.45) is 2.52. The van der Waals surface area contributed by atoms with Crippen molar-refractivity contribution < 1.29 is 4.74 Å². The van der Waals surface area contributed by atoms with Gasteiger partial charge in [-0.25, -0.2) is 0 Å². The molecule has 0 saturated carbocycles. The number of hydrogen-bond acceptors (Lipinski definition) is 1. The highest BCUT2D eigenvalue weighted by Crippen LogP contribution is 2.33. The Morgan fingerprint density at radius 1 is 1.67 bits per heavy atom. The maximum atomic E-state index is 5.27. The molecular formula is C8H16O. The average Bonchev–Trinajstić information content (AvgIpc) is 2.48. The fourth-order valence-corrected chi connectivity index (χ4v) is 1.12. The van der Waals surface area contributed by atoms with Crippen molar-refractivity contribution >= 4 is 0 Å². The van der Waals surface area contributed by atoms with Crippen LogP contribution in [0, 0.1) is 5.92 Å². The molecule has 1 aliphatic rings. The first-order chi connectivity index (χ1) is 4.16. The van der Waals surface area contributed by atoms with E-state index in [1.54, 1.807) is 0 Å². The third-order valence-corrected chi connectivity index (χ3v) is 2.11. The monoisotopic (exact) mass is 128 g/mol. The van der Waals surface area contributed by atoms with E-state index in [1.807, 2.05) is 0 Å². The highest BCUT2D eigenvalue weighted by molar-refractivity contribution is 4.87. The average molecular weight is 128 g/mol. The number of rotatable bonds is 3. The van der Waals surface area contributed by atoms with E-state index in [1.165, 1.54) is 12.8 Å². The summed E-state index contributed by atoms with van der Waals surface area (Å²) in [5.74, 6) is 0.831. The first-order valence-electron chi connectivity index (χ1n) is 3.80. The van der Waals surface area contributed by atoms with Crippen LogP contribution in [-0.2, 0) is 4.74 Å². The van der Waals surface area contributed by atoms with Crippen molar-refractivity contribution in [3.63, 3.8) is 0 Å². The Hall–Kier alpha value is -0.0400. The molecule has 0 amide bonds. The molecule has 1 aliphatic heterocycles. The van der Waals surface area contributed by atoms with Crippen molar-refractivity contribution in [2.24, 2.45) is 5.92 Å². The Morgan fingerprint density at radius 2 is 2.22 bits per heavy atom. The van der Waals surface area contributed by atoms with Crippen LogP contribution in [0.15, 0.2) is 0 Å². The van der Waals surface area contributed by atoms with Gasteiger partial charge in [0.2, 0.25) is 0 Å². The Bertz CT molecular complexity index is 94.7. The maximum absolute atomic E-state index is 5.27. The summed E-state index contributed by atoms with van der Waals surface area (Å²) in [5.41, 5.74) is 0.273. The fraction of sp³-hybridized carbons (Fsp3) is 1.00. The van der Waals surface area contributed by atoms with Gasteiger partial charge in [-0.1, -0.05) is 20.3 Å². The van der Waals surface area contributed by atoms with Crippen LogP contribution >= 0.6 is 0 Å². The molecule has 2 atom stereocenters. The van der Waals surface area contributed by atoms with Crippen LogP contribution in [0.4, 0.5) is 0 Å². The summed E-state index contributed by atoms with van der Waals surface area (Å²) in [7, 11) is 0. The standard InChI is InChI=1S/C8H16O/c1-4-7(2)5-8(3)6-9-8/h7H,4-6H2,1-3H3. The van der Waals surface area contributed by atoms with Gasteiger partial charge in [-0.05, 0) is 19.3 Å². The van der Waals surface area contributed by atoms with Crippen molar-refractivity contribution in [2.45, 2.75) is 39.2 Å². The molecule has 0 aromatic heterocycles. The summed E-state index contributed by atoms with van der Waals surface area (Å²) in [4.78, 5) is 0. The lowest BCUT2D eigenvalue weighted by molar-refractivity contribution is 0.274. The second kappa shape index (κ2) is 2.30. The Labute approximate surface area is 57.4 Å². The van der Waals surface area contributed by atoms with Gasteiger partial charge >= 0.3 is 0 Å². The number of hydrogen-bond donors (Lipinski definition) is 0. The zero-order valence-corrected chi connectivity index (χ0v) is 6.61. The van der Waals surface area contributed by atoms with Gasteiger partial charge in [0, 0.05) is 0 Å². The van der Waals surface area contributed by atoms with Crippen LogP contribution in [0.2, 0.25) is 0 Å². The first kappa shape index (κ1) is 7.07. The molecule has 1 heteroatoms. The molecule has 2 unspecified atom stereocenters. The molecule has 0 aliphatic carbocycles. The van der Waals surface area contributed by atoms with Crippen LogP contribution in [0.5, 0.6) is 0 Å². The van der Waals surface area contributed by atoms with Crippen LogP contribution < -0.4 is 0 Å². The van der Waals surface area contributed by atoms with E-state index in [0.717, 1.165) is 12.5 Å². The van der Waals surface area contributed by atoms with Crippen LogP contribution in [0.1, 0.15) is 33.6 Å². The molecule has 1 saturated heterocycles. The van der Waals surface area contributed by atoms with Gasteiger partial charge < -0.3 is 4.74 Å². The van der Waals surface area contributed by atoms with E-state index in [9.17, 15) is 0 Å². The summed E-state index contributed by atoms with van der Waals surface area (Å²) in [5, 5.41) is 0. The molecule has 54 valence electrons. The Kier molecular flexibility index (Phi) is 1.80. The van der Waals surface area contributed by atoms with Gasteiger partial charge in [-0.2, -0.15) is 0 Å². The minimum Gasteiger partial charge on any atom is -0.370 e. The van der Waals surface area contributed by atoms with Gasteiger partial charge in [0.25, 0.3) is 0 Å². The number of ether oxygens (including phenoxy) is 1. The molecule has 0 aromatic carbocycles. The van der Waals surface area contributed by atoms with E-state index in [-0.39, 0.29) is 5.60 Å². The van der Waals surface area contributed by atoms with Crippen LogP contribution in [-0.4, -0.2) is 12.2 Å². The van der Waals surface area contributed by atoms with Crippen LogP contribution in [0.25, 0.3) is 0 Å². The lowest BCUT2D eigenvalue weighted by Crippen LogP contribution is -2.09. The van der Waals surface area contributed by atoms with E-state index in [4.69, 9.17) is 4.74 Å². The third kappa shape index (κ3) is 1.98. The molecule has 0 aromatic rings. The summed E-state index contributed by atoms with van der Waals surface area (Å²) >= 11 is 0. The van der Waals surface area contributed by atoms with Gasteiger partial charge in [0.15, 0.2) is 0 Å². The molecule has 9 heavy (non-hydrogen) atoms. The second-order valence-corrected chi connectivity index (χ2v) is 3.46. The van der Waals surface area contributed by atoms with Crippen molar-refractivity contribution in [2.75, 3.05) is 6.61 Å². The maximum Gasteiger partial charge on any atom is 0.0891 e. The zero-order chi connectivity index (χ0) is 6.91. The zero-order valence-electron chi connectivity index (χ0n) is 6.61. The molecule has 0 spiro atoms. The molecular weight excluding hydrogens is 112 g/mol. The van der Waals surface area contributed by atoms with E-state index in [2.05, 4.69) is 20.8 Å². The third-order valence-electron chi connectivity index (χ3n) is 2.11. The van der Waals surface area contributed by atoms with E-state index in [0.29, 0.717) is 0 Å². The smallest absolute Gasteiger partial charge is 0.0891 e. The van der Waals surface area contributed by atoms with Crippen LogP contribution in [0.3, 0.4) is 0 Å². The topological polar surface area (TPSA) is 12.5 Å².